The lowest BCUT2D eigenvalue weighted by molar-refractivity contribution is 0.0122. The highest BCUT2D eigenvalue weighted by Crippen LogP contribution is 2.30. The van der Waals surface area contributed by atoms with Crippen LogP contribution in [0.15, 0.2) is 42.6 Å². The fraction of sp³-hybridized carbons (Fsp3) is 0.333. The van der Waals surface area contributed by atoms with Crippen molar-refractivity contribution in [3.8, 4) is 11.5 Å². The third kappa shape index (κ3) is 5.87. The first-order chi connectivity index (χ1) is 14.4. The Kier molecular flexibility index (Phi) is 6.10. The largest absolute Gasteiger partial charge is 0.368 e. The number of hydrogen-bond acceptors (Lipinski definition) is 6. The van der Waals surface area contributed by atoms with Gasteiger partial charge in [0.25, 0.3) is 11.8 Å². The first-order valence-corrected chi connectivity index (χ1v) is 9.54. The second kappa shape index (κ2) is 8.44. The molecule has 0 radical (unpaired) electrons. The number of alkyl halides is 4. The van der Waals surface area contributed by atoms with Gasteiger partial charge in [-0.05, 0) is 38.1 Å². The molecule has 0 spiro atoms. The van der Waals surface area contributed by atoms with Gasteiger partial charge in [0.1, 0.15) is 28.7 Å². The molecular weight excluding hydrogens is 412 g/mol. The molecule has 3 heterocycles. The van der Waals surface area contributed by atoms with Gasteiger partial charge in [-0.25, -0.2) is 15.0 Å². The average molecular weight is 434 g/mol. The smallest absolute Gasteiger partial charge is 0.287 e. The molecule has 0 amide bonds. The predicted octanol–water partition coefficient (Wildman–Crippen LogP) is 5.72. The van der Waals surface area contributed by atoms with E-state index in [1.807, 2.05) is 13.8 Å². The van der Waals surface area contributed by atoms with E-state index in [0.717, 1.165) is 13.8 Å². The second-order valence-corrected chi connectivity index (χ2v) is 7.50. The van der Waals surface area contributed by atoms with E-state index in [1.165, 1.54) is 36.5 Å². The molecule has 0 fully saturated rings. The van der Waals surface area contributed by atoms with Gasteiger partial charge >= 0.3 is 0 Å². The first-order valence-electron chi connectivity index (χ1n) is 9.54. The number of nitrogens with one attached hydrogen (secondary N) is 2. The average Bonchev–Trinajstić information content (AvgIpc) is 2.66. The summed E-state index contributed by atoms with van der Waals surface area (Å²) in [7, 11) is 0. The Hall–Kier alpha value is -3.30. The van der Waals surface area contributed by atoms with Gasteiger partial charge in [0.2, 0.25) is 0 Å². The number of pyridine rings is 2. The molecule has 0 bridgehead atoms. The Morgan fingerprint density at radius 3 is 2.16 bits per heavy atom. The van der Waals surface area contributed by atoms with Gasteiger partial charge in [0.05, 0.1) is 0 Å². The minimum absolute atomic E-state index is 0.0289. The third-order valence-corrected chi connectivity index (χ3v) is 4.07. The van der Waals surface area contributed by atoms with Crippen molar-refractivity contribution in [3.05, 3.63) is 54.0 Å². The molecule has 0 saturated heterocycles. The maximum Gasteiger partial charge on any atom is 0.287 e. The van der Waals surface area contributed by atoms with Crippen molar-refractivity contribution in [3.63, 3.8) is 0 Å². The number of aromatic nitrogens is 4. The minimum Gasteiger partial charge on any atom is -0.368 e. The number of nitrogens with zero attached hydrogens (tertiary/aromatic N) is 4. The van der Waals surface area contributed by atoms with Crippen LogP contribution in [0.3, 0.4) is 0 Å². The van der Waals surface area contributed by atoms with Crippen LogP contribution in [0.25, 0.3) is 11.5 Å². The summed E-state index contributed by atoms with van der Waals surface area (Å²) in [4.78, 5) is 16.4. The Balaban J connectivity index is 2.02. The number of hydrogen-bond donors (Lipinski definition) is 2. The SMILES string of the molecule is CC(C)Nc1cc(Nc2ccnc(C(C)(F)F)c2)nc(-c2cccc(C(C)(F)F)n2)n1. The lowest BCUT2D eigenvalue weighted by atomic mass is 10.2. The van der Waals surface area contributed by atoms with E-state index in [0.29, 0.717) is 11.5 Å². The minimum atomic E-state index is -3.12. The standard InChI is InChI=1S/C21H22F4N6/c1-12(2)27-17-11-18(28-13-8-9-26-16(10-13)21(4,24)25)31-19(30-17)14-6-5-7-15(29-14)20(3,22)23/h5-12H,1-4H3,(H2,26,27,28,30,31). The molecule has 0 aliphatic heterocycles. The Morgan fingerprint density at radius 1 is 0.839 bits per heavy atom. The zero-order chi connectivity index (χ0) is 22.8. The molecule has 0 atom stereocenters. The van der Waals surface area contributed by atoms with Crippen molar-refractivity contribution in [1.82, 2.24) is 19.9 Å². The first kappa shape index (κ1) is 22.4. The van der Waals surface area contributed by atoms with Gasteiger partial charge < -0.3 is 10.6 Å². The molecule has 164 valence electrons. The molecule has 31 heavy (non-hydrogen) atoms. The van der Waals surface area contributed by atoms with Gasteiger partial charge in [-0.2, -0.15) is 17.6 Å². The lowest BCUT2D eigenvalue weighted by Crippen LogP contribution is -2.13. The number of anilines is 3. The zero-order valence-electron chi connectivity index (χ0n) is 17.4. The van der Waals surface area contributed by atoms with E-state index in [2.05, 4.69) is 30.6 Å². The quantitative estimate of drug-likeness (QED) is 0.463. The molecule has 0 aliphatic rings. The second-order valence-electron chi connectivity index (χ2n) is 7.50. The van der Waals surface area contributed by atoms with Crippen LogP contribution in [0.5, 0.6) is 0 Å². The van der Waals surface area contributed by atoms with E-state index in [9.17, 15) is 17.6 Å². The van der Waals surface area contributed by atoms with Crippen LogP contribution in [-0.2, 0) is 11.8 Å². The van der Waals surface area contributed by atoms with Gasteiger partial charge in [-0.1, -0.05) is 6.07 Å². The van der Waals surface area contributed by atoms with E-state index in [4.69, 9.17) is 0 Å². The molecule has 2 N–H and O–H groups in total. The highest BCUT2D eigenvalue weighted by molar-refractivity contribution is 5.64. The summed E-state index contributed by atoms with van der Waals surface area (Å²) in [6.45, 7) is 5.33. The number of halogens is 4. The molecular formula is C21H22F4N6. The molecule has 0 aliphatic carbocycles. The van der Waals surface area contributed by atoms with Crippen molar-refractivity contribution in [2.45, 2.75) is 45.6 Å². The van der Waals surface area contributed by atoms with Crippen molar-refractivity contribution < 1.29 is 17.6 Å². The van der Waals surface area contributed by atoms with E-state index >= 15 is 0 Å². The van der Waals surface area contributed by atoms with Gasteiger partial charge in [0, 0.05) is 37.8 Å². The molecule has 3 aromatic heterocycles. The van der Waals surface area contributed by atoms with E-state index < -0.39 is 23.2 Å². The fourth-order valence-electron chi connectivity index (χ4n) is 2.70. The van der Waals surface area contributed by atoms with E-state index in [1.54, 1.807) is 6.07 Å². The summed E-state index contributed by atoms with van der Waals surface area (Å²) in [6, 6.07) is 8.55. The fourth-order valence-corrected chi connectivity index (χ4v) is 2.70. The summed E-state index contributed by atoms with van der Waals surface area (Å²) in [6.07, 6.45) is 1.26. The van der Waals surface area contributed by atoms with Crippen molar-refractivity contribution in [2.24, 2.45) is 0 Å². The van der Waals surface area contributed by atoms with Gasteiger partial charge in [-0.15, -0.1) is 0 Å². The molecule has 10 heteroatoms. The molecule has 0 unspecified atom stereocenters. The molecule has 0 aromatic carbocycles. The molecule has 3 aromatic rings. The highest BCUT2D eigenvalue weighted by Gasteiger charge is 2.27. The molecule has 6 nitrogen and oxygen atoms in total. The van der Waals surface area contributed by atoms with Crippen LogP contribution in [0, 0.1) is 0 Å². The van der Waals surface area contributed by atoms with Crippen LogP contribution < -0.4 is 10.6 Å². The van der Waals surface area contributed by atoms with E-state index in [-0.39, 0.29) is 23.4 Å². The Morgan fingerprint density at radius 2 is 1.52 bits per heavy atom. The summed E-state index contributed by atoms with van der Waals surface area (Å²) in [5.41, 5.74) is -0.306. The Bertz CT molecular complexity index is 1060. The van der Waals surface area contributed by atoms with Crippen molar-refractivity contribution >= 4 is 17.3 Å². The predicted molar refractivity (Wildman–Crippen MR) is 111 cm³/mol. The highest BCUT2D eigenvalue weighted by atomic mass is 19.3. The lowest BCUT2D eigenvalue weighted by Gasteiger charge is -2.15. The third-order valence-electron chi connectivity index (χ3n) is 4.07. The van der Waals surface area contributed by atoms with Gasteiger partial charge in [-0.3, -0.25) is 4.98 Å². The number of rotatable bonds is 7. The molecule has 3 rings (SSSR count). The van der Waals surface area contributed by atoms with Crippen LogP contribution in [-0.4, -0.2) is 26.0 Å². The van der Waals surface area contributed by atoms with Crippen molar-refractivity contribution in [1.29, 1.82) is 0 Å². The monoisotopic (exact) mass is 434 g/mol. The summed E-state index contributed by atoms with van der Waals surface area (Å²) >= 11 is 0. The summed E-state index contributed by atoms with van der Waals surface area (Å²) < 4.78 is 54.6. The maximum atomic E-state index is 13.7. The van der Waals surface area contributed by atoms with Crippen LogP contribution in [0.1, 0.15) is 39.1 Å². The van der Waals surface area contributed by atoms with Crippen LogP contribution in [0.4, 0.5) is 34.9 Å². The zero-order valence-corrected chi connectivity index (χ0v) is 17.4. The van der Waals surface area contributed by atoms with Crippen LogP contribution >= 0.6 is 0 Å². The Labute approximate surface area is 177 Å². The summed E-state index contributed by atoms with van der Waals surface area (Å²) in [5.74, 6) is -5.42. The summed E-state index contributed by atoms with van der Waals surface area (Å²) in [5, 5.41) is 6.07. The molecule has 0 saturated carbocycles. The maximum absolute atomic E-state index is 13.7. The van der Waals surface area contributed by atoms with Crippen molar-refractivity contribution in [2.75, 3.05) is 10.6 Å². The van der Waals surface area contributed by atoms with Gasteiger partial charge in [0.15, 0.2) is 5.82 Å². The van der Waals surface area contributed by atoms with Crippen LogP contribution in [0.2, 0.25) is 0 Å². The normalized spacial score (nSPS) is 12.2. The topological polar surface area (TPSA) is 75.6 Å².